The van der Waals surface area contributed by atoms with Gasteiger partial charge in [0.15, 0.2) is 5.65 Å². The molecule has 2 aromatic heterocycles. The van der Waals surface area contributed by atoms with Crippen LogP contribution in [0, 0.1) is 5.82 Å². The van der Waals surface area contributed by atoms with Crippen molar-refractivity contribution < 1.29 is 9.13 Å². The molecule has 0 fully saturated rings. The minimum Gasteiger partial charge on any atom is -0.492 e. The summed E-state index contributed by atoms with van der Waals surface area (Å²) < 4.78 is 21.3. The SMILES string of the molecule is CN1Cc2cc(F)ccc2OCCNCc2cnc3ccc1nn23. The van der Waals surface area contributed by atoms with Crippen LogP contribution in [0.1, 0.15) is 11.3 Å². The zero-order chi connectivity index (χ0) is 16.5. The quantitative estimate of drug-likeness (QED) is 0.684. The van der Waals surface area contributed by atoms with E-state index in [1.165, 1.54) is 12.1 Å². The summed E-state index contributed by atoms with van der Waals surface area (Å²) >= 11 is 0. The van der Waals surface area contributed by atoms with Crippen LogP contribution in [0.15, 0.2) is 36.5 Å². The van der Waals surface area contributed by atoms with Crippen molar-refractivity contribution in [2.75, 3.05) is 25.1 Å². The largest absolute Gasteiger partial charge is 0.492 e. The lowest BCUT2D eigenvalue weighted by molar-refractivity contribution is 0.309. The fraction of sp³-hybridized carbons (Fsp3) is 0.294. The van der Waals surface area contributed by atoms with Crippen molar-refractivity contribution in [1.82, 2.24) is 19.9 Å². The van der Waals surface area contributed by atoms with Gasteiger partial charge >= 0.3 is 0 Å². The summed E-state index contributed by atoms with van der Waals surface area (Å²) in [5.41, 5.74) is 2.59. The summed E-state index contributed by atoms with van der Waals surface area (Å²) in [4.78, 5) is 6.33. The Hall–Kier alpha value is -2.67. The number of hydrogen-bond donors (Lipinski definition) is 1. The lowest BCUT2D eigenvalue weighted by atomic mass is 10.2. The summed E-state index contributed by atoms with van der Waals surface area (Å²) in [6.07, 6.45) is 1.82. The Bertz CT molecular complexity index is 879. The van der Waals surface area contributed by atoms with E-state index in [1.807, 2.05) is 34.8 Å². The lowest BCUT2D eigenvalue weighted by Gasteiger charge is -2.20. The van der Waals surface area contributed by atoms with Crippen molar-refractivity contribution in [1.29, 1.82) is 0 Å². The second kappa shape index (κ2) is 6.09. The Morgan fingerprint density at radius 3 is 3.08 bits per heavy atom. The van der Waals surface area contributed by atoms with Crippen LogP contribution in [0.2, 0.25) is 0 Å². The Morgan fingerprint density at radius 1 is 1.25 bits per heavy atom. The van der Waals surface area contributed by atoms with Crippen LogP contribution in [-0.2, 0) is 13.1 Å². The highest BCUT2D eigenvalue weighted by molar-refractivity contribution is 5.48. The molecule has 2 bridgehead atoms. The van der Waals surface area contributed by atoms with E-state index in [1.54, 1.807) is 6.07 Å². The van der Waals surface area contributed by atoms with Gasteiger partial charge in [-0.05, 0) is 30.3 Å². The van der Waals surface area contributed by atoms with Crippen molar-refractivity contribution in [3.05, 3.63) is 53.6 Å². The number of aromatic nitrogens is 3. The van der Waals surface area contributed by atoms with Gasteiger partial charge in [0.2, 0.25) is 0 Å². The van der Waals surface area contributed by atoms with Crippen LogP contribution >= 0.6 is 0 Å². The van der Waals surface area contributed by atoms with E-state index in [0.29, 0.717) is 32.0 Å². The third-order valence-electron chi connectivity index (χ3n) is 4.08. The summed E-state index contributed by atoms with van der Waals surface area (Å²) in [6.45, 7) is 2.35. The number of imidazole rings is 1. The molecule has 0 radical (unpaired) electrons. The lowest BCUT2D eigenvalue weighted by Crippen LogP contribution is -2.21. The maximum absolute atomic E-state index is 13.6. The third kappa shape index (κ3) is 2.78. The first-order valence-electron chi connectivity index (χ1n) is 7.87. The number of ether oxygens (including phenoxy) is 1. The number of hydrogen-bond acceptors (Lipinski definition) is 5. The van der Waals surface area contributed by atoms with Crippen molar-refractivity contribution in [2.24, 2.45) is 0 Å². The van der Waals surface area contributed by atoms with E-state index < -0.39 is 0 Å². The molecule has 0 saturated carbocycles. The van der Waals surface area contributed by atoms with Crippen LogP contribution in [0.5, 0.6) is 5.75 Å². The van der Waals surface area contributed by atoms with Gasteiger partial charge in [0.05, 0.1) is 11.9 Å². The molecule has 1 N–H and O–H groups in total. The summed E-state index contributed by atoms with van der Waals surface area (Å²) in [5, 5.41) is 7.98. The van der Waals surface area contributed by atoms with Crippen molar-refractivity contribution in [3.8, 4) is 5.75 Å². The minimum absolute atomic E-state index is 0.270. The molecule has 1 aliphatic rings. The Morgan fingerprint density at radius 2 is 2.17 bits per heavy atom. The van der Waals surface area contributed by atoms with Crippen molar-refractivity contribution in [2.45, 2.75) is 13.1 Å². The summed E-state index contributed by atoms with van der Waals surface area (Å²) in [6, 6.07) is 8.47. The minimum atomic E-state index is -0.270. The molecule has 124 valence electrons. The molecular weight excluding hydrogens is 309 g/mol. The fourth-order valence-electron chi connectivity index (χ4n) is 2.83. The van der Waals surface area contributed by atoms with E-state index in [4.69, 9.17) is 4.74 Å². The highest BCUT2D eigenvalue weighted by atomic mass is 19.1. The summed E-state index contributed by atoms with van der Waals surface area (Å²) in [7, 11) is 1.93. The molecule has 3 heterocycles. The molecule has 1 aromatic carbocycles. The second-order valence-corrected chi connectivity index (χ2v) is 5.84. The summed E-state index contributed by atoms with van der Waals surface area (Å²) in [5.74, 6) is 1.22. The molecule has 7 heteroatoms. The molecule has 0 atom stereocenters. The monoisotopic (exact) mass is 327 g/mol. The molecule has 4 rings (SSSR count). The van der Waals surface area contributed by atoms with Gasteiger partial charge in [-0.15, -0.1) is 5.10 Å². The second-order valence-electron chi connectivity index (χ2n) is 5.84. The molecule has 3 aromatic rings. The predicted molar refractivity (Wildman–Crippen MR) is 88.7 cm³/mol. The van der Waals surface area contributed by atoms with Crippen molar-refractivity contribution in [3.63, 3.8) is 0 Å². The van der Waals surface area contributed by atoms with E-state index in [2.05, 4.69) is 15.4 Å². The number of nitrogens with one attached hydrogen (secondary N) is 1. The third-order valence-corrected chi connectivity index (χ3v) is 4.08. The van der Waals surface area contributed by atoms with Gasteiger partial charge in [-0.1, -0.05) is 0 Å². The van der Waals surface area contributed by atoms with Gasteiger partial charge in [0, 0.05) is 32.2 Å². The first-order valence-corrected chi connectivity index (χ1v) is 7.87. The molecule has 0 unspecified atom stereocenters. The molecule has 0 aliphatic carbocycles. The predicted octanol–water partition coefficient (Wildman–Crippen LogP) is 1.99. The van der Waals surface area contributed by atoms with E-state index in [-0.39, 0.29) is 5.82 Å². The maximum Gasteiger partial charge on any atom is 0.153 e. The van der Waals surface area contributed by atoms with Crippen LogP contribution in [0.3, 0.4) is 0 Å². The standard InChI is InChI=1S/C17H18FN5O/c1-22-11-12-8-13(18)2-3-15(12)24-7-6-19-9-14-10-20-16-4-5-17(22)21-23(14)16/h2-5,8,10,19H,6-7,9,11H2,1H3. The van der Waals surface area contributed by atoms with Gasteiger partial charge in [0.25, 0.3) is 0 Å². The van der Waals surface area contributed by atoms with Gasteiger partial charge < -0.3 is 15.0 Å². The normalized spacial score (nSPS) is 15.3. The smallest absolute Gasteiger partial charge is 0.153 e. The number of fused-ring (bicyclic) bond motifs is 2. The average Bonchev–Trinajstić information content (AvgIpc) is 2.98. The number of rotatable bonds is 0. The molecule has 6 nitrogen and oxygen atoms in total. The number of halogens is 1. The molecule has 0 amide bonds. The maximum atomic E-state index is 13.6. The van der Waals surface area contributed by atoms with E-state index in [0.717, 1.165) is 22.7 Å². The number of nitrogens with zero attached hydrogens (tertiary/aromatic N) is 4. The van der Waals surface area contributed by atoms with Gasteiger partial charge in [-0.25, -0.2) is 13.9 Å². The number of anilines is 1. The molecule has 24 heavy (non-hydrogen) atoms. The molecular formula is C17H18FN5O. The zero-order valence-electron chi connectivity index (χ0n) is 13.4. The highest BCUT2D eigenvalue weighted by Crippen LogP contribution is 2.23. The Kier molecular flexibility index (Phi) is 3.78. The van der Waals surface area contributed by atoms with Gasteiger partial charge in [-0.3, -0.25) is 0 Å². The molecule has 0 spiro atoms. The molecule has 1 aliphatic heterocycles. The van der Waals surface area contributed by atoms with E-state index in [9.17, 15) is 4.39 Å². The average molecular weight is 327 g/mol. The van der Waals surface area contributed by atoms with Crippen LogP contribution in [0.4, 0.5) is 10.2 Å². The van der Waals surface area contributed by atoms with Gasteiger partial charge in [0.1, 0.15) is 24.0 Å². The Labute approximate surface area is 138 Å². The zero-order valence-corrected chi connectivity index (χ0v) is 13.4. The van der Waals surface area contributed by atoms with Crippen molar-refractivity contribution >= 4 is 11.5 Å². The van der Waals surface area contributed by atoms with E-state index >= 15 is 0 Å². The topological polar surface area (TPSA) is 54.7 Å². The highest BCUT2D eigenvalue weighted by Gasteiger charge is 2.13. The fourth-order valence-corrected chi connectivity index (χ4v) is 2.83. The van der Waals surface area contributed by atoms with Crippen LogP contribution in [-0.4, -0.2) is 34.8 Å². The first-order chi connectivity index (χ1) is 11.7. The van der Waals surface area contributed by atoms with Crippen LogP contribution in [0.25, 0.3) is 5.65 Å². The molecule has 0 saturated heterocycles. The Balaban J connectivity index is 1.76. The number of benzene rings is 1. The van der Waals surface area contributed by atoms with Crippen LogP contribution < -0.4 is 15.0 Å². The first kappa shape index (κ1) is 14.9. The van der Waals surface area contributed by atoms with Gasteiger partial charge in [-0.2, -0.15) is 0 Å².